The summed E-state index contributed by atoms with van der Waals surface area (Å²) in [4.78, 5) is 0.101. The van der Waals surface area contributed by atoms with E-state index in [2.05, 4.69) is 5.32 Å². The molecule has 0 aromatic heterocycles. The van der Waals surface area contributed by atoms with Gasteiger partial charge in [0.2, 0.25) is 10.0 Å². The summed E-state index contributed by atoms with van der Waals surface area (Å²) in [5, 5.41) is 16.6. The lowest BCUT2D eigenvalue weighted by Gasteiger charge is -2.13. The molecule has 0 aliphatic rings. The molecule has 17 heavy (non-hydrogen) atoms. The minimum atomic E-state index is -3.66. The highest BCUT2D eigenvalue weighted by Gasteiger charge is 2.10. The van der Waals surface area contributed by atoms with E-state index in [1.165, 1.54) is 6.07 Å². The molecule has 0 radical (unpaired) electrons. The first-order valence-electron chi connectivity index (χ1n) is 5.18. The van der Waals surface area contributed by atoms with E-state index in [1.807, 2.05) is 19.1 Å². The maximum atomic E-state index is 11.2. The van der Waals surface area contributed by atoms with Gasteiger partial charge in [0.15, 0.2) is 0 Å². The van der Waals surface area contributed by atoms with E-state index >= 15 is 0 Å². The molecule has 5 nitrogen and oxygen atoms in total. The lowest BCUT2D eigenvalue weighted by atomic mass is 10.1. The molecular formula is C11H15N3O2S. The van der Waals surface area contributed by atoms with Crippen molar-refractivity contribution in [3.05, 3.63) is 29.8 Å². The molecule has 0 spiro atoms. The molecule has 0 amide bonds. The number of primary sulfonamides is 1. The van der Waals surface area contributed by atoms with E-state index < -0.39 is 10.0 Å². The Labute approximate surface area is 101 Å². The van der Waals surface area contributed by atoms with Gasteiger partial charge in [0, 0.05) is 19.0 Å². The predicted octanol–water partition coefficient (Wildman–Crippen LogP) is 0.898. The molecule has 0 saturated carbocycles. The Morgan fingerprint density at radius 2 is 2.24 bits per heavy atom. The van der Waals surface area contributed by atoms with Gasteiger partial charge in [0.05, 0.1) is 11.0 Å². The number of hydrogen-bond acceptors (Lipinski definition) is 4. The van der Waals surface area contributed by atoms with E-state index in [4.69, 9.17) is 10.4 Å². The Bertz CT molecular complexity index is 520. The zero-order valence-electron chi connectivity index (χ0n) is 9.55. The van der Waals surface area contributed by atoms with Gasteiger partial charge >= 0.3 is 0 Å². The van der Waals surface area contributed by atoms with Crippen LogP contribution in [-0.2, 0) is 10.0 Å². The third-order valence-electron chi connectivity index (χ3n) is 2.37. The van der Waals surface area contributed by atoms with Crippen LogP contribution in [0.3, 0.4) is 0 Å². The van der Waals surface area contributed by atoms with Gasteiger partial charge in [-0.1, -0.05) is 12.1 Å². The SMILES string of the molecule is CC(NCCC#N)c1cccc(S(N)(=O)=O)c1. The number of sulfonamides is 1. The monoisotopic (exact) mass is 253 g/mol. The van der Waals surface area contributed by atoms with E-state index in [9.17, 15) is 8.42 Å². The van der Waals surface area contributed by atoms with Gasteiger partial charge in [-0.3, -0.25) is 0 Å². The topological polar surface area (TPSA) is 96.0 Å². The van der Waals surface area contributed by atoms with Crippen LogP contribution < -0.4 is 10.5 Å². The standard InChI is InChI=1S/C11H15N3O2S/c1-9(14-7-3-6-12)10-4-2-5-11(8-10)17(13,15)16/h2,4-5,8-9,14H,3,7H2,1H3,(H2,13,15,16). The molecule has 1 aromatic carbocycles. The van der Waals surface area contributed by atoms with E-state index in [1.54, 1.807) is 12.1 Å². The van der Waals surface area contributed by atoms with Gasteiger partial charge in [-0.05, 0) is 24.6 Å². The van der Waals surface area contributed by atoms with Crippen LogP contribution in [0.15, 0.2) is 29.2 Å². The van der Waals surface area contributed by atoms with E-state index in [0.717, 1.165) is 5.56 Å². The molecule has 0 aliphatic heterocycles. The zero-order chi connectivity index (χ0) is 12.9. The predicted molar refractivity (Wildman–Crippen MR) is 64.5 cm³/mol. The summed E-state index contributed by atoms with van der Waals surface area (Å²) in [7, 11) is -3.66. The molecule has 1 aromatic rings. The number of rotatable bonds is 5. The number of hydrogen-bond donors (Lipinski definition) is 2. The average molecular weight is 253 g/mol. The minimum Gasteiger partial charge on any atom is -0.309 e. The molecule has 1 unspecified atom stereocenters. The molecule has 92 valence electrons. The summed E-state index contributed by atoms with van der Waals surface area (Å²) in [5.41, 5.74) is 0.828. The fraction of sp³-hybridized carbons (Fsp3) is 0.364. The van der Waals surface area contributed by atoms with Crippen LogP contribution in [0.5, 0.6) is 0 Å². The molecule has 3 N–H and O–H groups in total. The number of nitriles is 1. The maximum Gasteiger partial charge on any atom is 0.238 e. The molecule has 0 fully saturated rings. The fourth-order valence-electron chi connectivity index (χ4n) is 1.42. The summed E-state index contributed by atoms with van der Waals surface area (Å²) in [6, 6.07) is 8.48. The number of nitrogens with two attached hydrogens (primary N) is 1. The Kier molecular flexibility index (Phi) is 4.63. The van der Waals surface area contributed by atoms with Crippen LogP contribution >= 0.6 is 0 Å². The Morgan fingerprint density at radius 3 is 2.82 bits per heavy atom. The third kappa shape index (κ3) is 4.15. The Morgan fingerprint density at radius 1 is 1.53 bits per heavy atom. The van der Waals surface area contributed by atoms with Gasteiger partial charge in [0.25, 0.3) is 0 Å². The fourth-order valence-corrected chi connectivity index (χ4v) is 1.99. The van der Waals surface area contributed by atoms with Crippen molar-refractivity contribution in [3.8, 4) is 6.07 Å². The van der Waals surface area contributed by atoms with Crippen molar-refractivity contribution in [1.29, 1.82) is 5.26 Å². The van der Waals surface area contributed by atoms with Crippen LogP contribution in [-0.4, -0.2) is 15.0 Å². The van der Waals surface area contributed by atoms with Crippen molar-refractivity contribution in [1.82, 2.24) is 5.32 Å². The maximum absolute atomic E-state index is 11.2. The highest BCUT2D eigenvalue weighted by molar-refractivity contribution is 7.89. The van der Waals surface area contributed by atoms with E-state index in [0.29, 0.717) is 13.0 Å². The summed E-state index contributed by atoms with van der Waals surface area (Å²) >= 11 is 0. The average Bonchev–Trinajstić information content (AvgIpc) is 2.28. The first kappa shape index (κ1) is 13.6. The molecule has 0 saturated heterocycles. The second-order valence-electron chi connectivity index (χ2n) is 3.70. The van der Waals surface area contributed by atoms with Crippen molar-refractivity contribution in [2.75, 3.05) is 6.54 Å². The molecule has 1 atom stereocenters. The van der Waals surface area contributed by atoms with Gasteiger partial charge in [-0.15, -0.1) is 0 Å². The van der Waals surface area contributed by atoms with Crippen molar-refractivity contribution >= 4 is 10.0 Å². The summed E-state index contributed by atoms with van der Waals surface area (Å²) in [6.07, 6.45) is 0.416. The first-order valence-corrected chi connectivity index (χ1v) is 6.73. The van der Waals surface area contributed by atoms with Crippen LogP contribution in [0.2, 0.25) is 0 Å². The lowest BCUT2D eigenvalue weighted by Crippen LogP contribution is -2.20. The summed E-state index contributed by atoms with van der Waals surface area (Å²) in [5.74, 6) is 0. The minimum absolute atomic E-state index is 0.0231. The zero-order valence-corrected chi connectivity index (χ0v) is 10.4. The third-order valence-corrected chi connectivity index (χ3v) is 3.28. The highest BCUT2D eigenvalue weighted by atomic mass is 32.2. The van der Waals surface area contributed by atoms with Gasteiger partial charge in [-0.2, -0.15) is 5.26 Å². The molecule has 0 heterocycles. The van der Waals surface area contributed by atoms with E-state index in [-0.39, 0.29) is 10.9 Å². The number of benzene rings is 1. The molecular weight excluding hydrogens is 238 g/mol. The lowest BCUT2D eigenvalue weighted by molar-refractivity contribution is 0.580. The number of nitrogens with zero attached hydrogens (tertiary/aromatic N) is 1. The van der Waals surface area contributed by atoms with Crippen LogP contribution in [0.1, 0.15) is 24.9 Å². The van der Waals surface area contributed by atoms with Crippen molar-refractivity contribution in [2.24, 2.45) is 5.14 Å². The van der Waals surface area contributed by atoms with Gasteiger partial charge in [-0.25, -0.2) is 13.6 Å². The van der Waals surface area contributed by atoms with Crippen molar-refractivity contribution in [2.45, 2.75) is 24.3 Å². The largest absolute Gasteiger partial charge is 0.309 e. The van der Waals surface area contributed by atoms with Crippen LogP contribution in [0.4, 0.5) is 0 Å². The second-order valence-corrected chi connectivity index (χ2v) is 5.26. The van der Waals surface area contributed by atoms with Crippen LogP contribution in [0.25, 0.3) is 0 Å². The quantitative estimate of drug-likeness (QED) is 0.762. The summed E-state index contributed by atoms with van der Waals surface area (Å²) in [6.45, 7) is 2.47. The van der Waals surface area contributed by atoms with Gasteiger partial charge < -0.3 is 5.32 Å². The normalized spacial score (nSPS) is 13.0. The second kappa shape index (κ2) is 5.77. The Hall–Kier alpha value is -1.42. The van der Waals surface area contributed by atoms with Gasteiger partial charge in [0.1, 0.15) is 0 Å². The molecule has 1 rings (SSSR count). The van der Waals surface area contributed by atoms with Crippen molar-refractivity contribution in [3.63, 3.8) is 0 Å². The van der Waals surface area contributed by atoms with Crippen molar-refractivity contribution < 1.29 is 8.42 Å². The molecule has 6 heteroatoms. The Balaban J connectivity index is 2.82. The first-order chi connectivity index (χ1) is 7.95. The highest BCUT2D eigenvalue weighted by Crippen LogP contribution is 2.16. The number of nitrogens with one attached hydrogen (secondary N) is 1. The molecule has 0 bridgehead atoms. The van der Waals surface area contributed by atoms with Crippen LogP contribution in [0, 0.1) is 11.3 Å². The summed E-state index contributed by atoms with van der Waals surface area (Å²) < 4.78 is 22.4. The smallest absolute Gasteiger partial charge is 0.238 e. The molecule has 0 aliphatic carbocycles.